The van der Waals surface area contributed by atoms with Crippen molar-refractivity contribution < 1.29 is 23.8 Å². The van der Waals surface area contributed by atoms with Crippen LogP contribution in [0.4, 0.5) is 11.4 Å². The first kappa shape index (κ1) is 21.6. The molecule has 2 aliphatic rings. The number of hydrogen-bond donors (Lipinski definition) is 1. The molecule has 0 aliphatic carbocycles. The highest BCUT2D eigenvalue weighted by atomic mass is 16.7. The maximum absolute atomic E-state index is 12.8. The zero-order valence-electron chi connectivity index (χ0n) is 18.8. The molecule has 3 aromatic carbocycles. The molecule has 1 fully saturated rings. The zero-order valence-corrected chi connectivity index (χ0v) is 18.8. The third kappa shape index (κ3) is 4.47. The van der Waals surface area contributed by atoms with Gasteiger partial charge in [-0.05, 0) is 66.7 Å². The minimum absolute atomic E-state index is 0.0314. The van der Waals surface area contributed by atoms with Gasteiger partial charge in [-0.2, -0.15) is 0 Å². The van der Waals surface area contributed by atoms with Crippen molar-refractivity contribution in [2.45, 2.75) is 0 Å². The number of ether oxygens (including phenoxy) is 3. The van der Waals surface area contributed by atoms with Gasteiger partial charge in [0.05, 0.1) is 7.11 Å². The maximum atomic E-state index is 12.8. The second-order valence-corrected chi connectivity index (χ2v) is 8.08. The first-order chi connectivity index (χ1) is 16.6. The first-order valence-corrected chi connectivity index (χ1v) is 11.1. The topological polar surface area (TPSA) is 80.3 Å². The fraction of sp³-hybridized carbons (Fsp3) is 0.231. The Morgan fingerprint density at radius 1 is 0.824 bits per heavy atom. The van der Waals surface area contributed by atoms with Gasteiger partial charge in [0, 0.05) is 48.7 Å². The number of piperazine rings is 1. The monoisotopic (exact) mass is 459 g/mol. The van der Waals surface area contributed by atoms with Crippen LogP contribution in [-0.2, 0) is 0 Å². The number of hydrogen-bond acceptors (Lipinski definition) is 6. The molecule has 0 atom stereocenters. The lowest BCUT2D eigenvalue weighted by Gasteiger charge is -2.36. The highest BCUT2D eigenvalue weighted by Gasteiger charge is 2.22. The summed E-state index contributed by atoms with van der Waals surface area (Å²) in [5.74, 6) is 1.77. The second-order valence-electron chi connectivity index (χ2n) is 8.08. The SMILES string of the molecule is COc1ccc(C(=O)N2CCN(c3ccc(NC(=O)c4ccc5c(c4)OCO5)cc3)CC2)cc1. The van der Waals surface area contributed by atoms with Crippen molar-refractivity contribution >= 4 is 23.2 Å². The molecule has 0 bridgehead atoms. The van der Waals surface area contributed by atoms with Crippen molar-refractivity contribution in [1.82, 2.24) is 4.90 Å². The Morgan fingerprint density at radius 3 is 2.21 bits per heavy atom. The summed E-state index contributed by atoms with van der Waals surface area (Å²) in [6.45, 7) is 2.95. The number of benzene rings is 3. The lowest BCUT2D eigenvalue weighted by Crippen LogP contribution is -2.48. The van der Waals surface area contributed by atoms with E-state index >= 15 is 0 Å². The van der Waals surface area contributed by atoms with Gasteiger partial charge in [0.25, 0.3) is 11.8 Å². The zero-order chi connectivity index (χ0) is 23.5. The largest absolute Gasteiger partial charge is 0.497 e. The Hall–Kier alpha value is -4.20. The van der Waals surface area contributed by atoms with Crippen LogP contribution in [0.3, 0.4) is 0 Å². The van der Waals surface area contributed by atoms with Crippen LogP contribution in [0.25, 0.3) is 0 Å². The number of nitrogens with one attached hydrogen (secondary N) is 1. The molecule has 5 rings (SSSR count). The summed E-state index contributed by atoms with van der Waals surface area (Å²) in [4.78, 5) is 29.5. The summed E-state index contributed by atoms with van der Waals surface area (Å²) in [6, 6.07) is 20.1. The average molecular weight is 460 g/mol. The molecule has 0 radical (unpaired) electrons. The quantitative estimate of drug-likeness (QED) is 0.628. The van der Waals surface area contributed by atoms with E-state index in [0.717, 1.165) is 24.5 Å². The van der Waals surface area contributed by atoms with E-state index in [1.807, 2.05) is 29.2 Å². The summed E-state index contributed by atoms with van der Waals surface area (Å²) in [6.07, 6.45) is 0. The molecule has 0 unspecified atom stereocenters. The van der Waals surface area contributed by atoms with E-state index in [4.69, 9.17) is 14.2 Å². The number of amides is 2. The van der Waals surface area contributed by atoms with Crippen LogP contribution < -0.4 is 24.4 Å². The van der Waals surface area contributed by atoms with Gasteiger partial charge in [0.15, 0.2) is 11.5 Å². The second kappa shape index (κ2) is 9.35. The number of carbonyl (C=O) groups is 2. The number of fused-ring (bicyclic) bond motifs is 1. The predicted molar refractivity (Wildman–Crippen MR) is 128 cm³/mol. The smallest absolute Gasteiger partial charge is 0.255 e. The molecule has 174 valence electrons. The lowest BCUT2D eigenvalue weighted by molar-refractivity contribution is 0.0746. The fourth-order valence-corrected chi connectivity index (χ4v) is 4.08. The van der Waals surface area contributed by atoms with E-state index < -0.39 is 0 Å². The van der Waals surface area contributed by atoms with Crippen LogP contribution in [0.2, 0.25) is 0 Å². The Morgan fingerprint density at radius 2 is 1.50 bits per heavy atom. The molecule has 1 N–H and O–H groups in total. The Balaban J connectivity index is 1.16. The number of anilines is 2. The predicted octanol–water partition coefficient (Wildman–Crippen LogP) is 3.64. The lowest BCUT2D eigenvalue weighted by atomic mass is 10.1. The van der Waals surface area contributed by atoms with E-state index in [9.17, 15) is 9.59 Å². The summed E-state index contributed by atoms with van der Waals surface area (Å²) in [7, 11) is 1.61. The highest BCUT2D eigenvalue weighted by Crippen LogP contribution is 2.32. The molecule has 2 heterocycles. The van der Waals surface area contributed by atoms with E-state index in [1.54, 1.807) is 49.6 Å². The minimum Gasteiger partial charge on any atom is -0.497 e. The standard InChI is InChI=1S/C26H25N3O5/c1-32-22-9-2-18(3-10-22)26(31)29-14-12-28(13-15-29)21-7-5-20(6-8-21)27-25(30)19-4-11-23-24(16-19)34-17-33-23/h2-11,16H,12-15,17H2,1H3,(H,27,30). The normalized spacial score (nSPS) is 14.6. The summed E-state index contributed by atoms with van der Waals surface area (Å²) in [5, 5.41) is 2.91. The van der Waals surface area contributed by atoms with Gasteiger partial charge in [0.1, 0.15) is 5.75 Å². The highest BCUT2D eigenvalue weighted by molar-refractivity contribution is 6.04. The van der Waals surface area contributed by atoms with Gasteiger partial charge in [-0.1, -0.05) is 0 Å². The summed E-state index contributed by atoms with van der Waals surface area (Å²) < 4.78 is 15.8. The first-order valence-electron chi connectivity index (χ1n) is 11.1. The molecule has 0 spiro atoms. The molecule has 2 amide bonds. The Bertz CT molecular complexity index is 1190. The van der Waals surface area contributed by atoms with Crippen molar-refractivity contribution in [1.29, 1.82) is 0 Å². The molecule has 8 nitrogen and oxygen atoms in total. The van der Waals surface area contributed by atoms with Gasteiger partial charge in [0.2, 0.25) is 6.79 Å². The van der Waals surface area contributed by atoms with Crippen LogP contribution in [0, 0.1) is 0 Å². The molecule has 0 aromatic heterocycles. The summed E-state index contributed by atoms with van der Waals surface area (Å²) >= 11 is 0. The van der Waals surface area contributed by atoms with Crippen molar-refractivity contribution in [3.8, 4) is 17.2 Å². The molecule has 1 saturated heterocycles. The number of rotatable bonds is 5. The van der Waals surface area contributed by atoms with Crippen molar-refractivity contribution in [2.75, 3.05) is 50.3 Å². The van der Waals surface area contributed by atoms with Gasteiger partial charge in [-0.3, -0.25) is 9.59 Å². The molecular weight excluding hydrogens is 434 g/mol. The van der Waals surface area contributed by atoms with Crippen LogP contribution in [0.15, 0.2) is 66.7 Å². The van der Waals surface area contributed by atoms with Gasteiger partial charge in [-0.15, -0.1) is 0 Å². The molecular formula is C26H25N3O5. The number of methoxy groups -OCH3 is 1. The van der Waals surface area contributed by atoms with Crippen molar-refractivity contribution in [2.24, 2.45) is 0 Å². The van der Waals surface area contributed by atoms with Crippen LogP contribution >= 0.6 is 0 Å². The van der Waals surface area contributed by atoms with Crippen molar-refractivity contribution in [3.63, 3.8) is 0 Å². The Kier molecular flexibility index (Phi) is 5.95. The van der Waals surface area contributed by atoms with Crippen LogP contribution in [-0.4, -0.2) is 56.8 Å². The van der Waals surface area contributed by atoms with E-state index in [0.29, 0.717) is 41.4 Å². The van der Waals surface area contributed by atoms with Crippen LogP contribution in [0.5, 0.6) is 17.2 Å². The van der Waals surface area contributed by atoms with Gasteiger partial charge in [-0.25, -0.2) is 0 Å². The van der Waals surface area contributed by atoms with E-state index in [2.05, 4.69) is 10.2 Å². The van der Waals surface area contributed by atoms with E-state index in [-0.39, 0.29) is 18.6 Å². The third-order valence-corrected chi connectivity index (χ3v) is 6.03. The Labute approximate surface area is 197 Å². The van der Waals surface area contributed by atoms with E-state index in [1.165, 1.54) is 0 Å². The van der Waals surface area contributed by atoms with Gasteiger partial charge >= 0.3 is 0 Å². The molecule has 34 heavy (non-hydrogen) atoms. The molecule has 0 saturated carbocycles. The fourth-order valence-electron chi connectivity index (χ4n) is 4.08. The number of carbonyl (C=O) groups excluding carboxylic acids is 2. The third-order valence-electron chi connectivity index (χ3n) is 6.03. The van der Waals surface area contributed by atoms with Crippen molar-refractivity contribution in [3.05, 3.63) is 77.9 Å². The average Bonchev–Trinajstić information content (AvgIpc) is 3.37. The molecule has 8 heteroatoms. The molecule has 2 aliphatic heterocycles. The maximum Gasteiger partial charge on any atom is 0.255 e. The minimum atomic E-state index is -0.211. The number of nitrogens with zero attached hydrogens (tertiary/aromatic N) is 2. The summed E-state index contributed by atoms with van der Waals surface area (Å²) in [5.41, 5.74) is 2.93. The van der Waals surface area contributed by atoms with Gasteiger partial charge < -0.3 is 29.3 Å². The van der Waals surface area contributed by atoms with Crippen LogP contribution in [0.1, 0.15) is 20.7 Å². The molecule has 3 aromatic rings.